The molecule has 3 fully saturated rings. The number of phenolic OH excluding ortho intramolecular Hbond substituents is 1. The van der Waals surface area contributed by atoms with Crippen molar-refractivity contribution < 1.29 is 102 Å². The smallest absolute Gasteiger partial charge is 0.323 e. The molecule has 45 heteroatoms. The van der Waals surface area contributed by atoms with E-state index in [4.69, 9.17) is 22.9 Å². The summed E-state index contributed by atoms with van der Waals surface area (Å²) < 4.78 is 1.45. The molecular weight excluding hydrogens is 1840 g/mol. The van der Waals surface area contributed by atoms with E-state index in [0.717, 1.165) is 31.4 Å². The molecule has 0 radical (unpaired) electrons. The Morgan fingerprint density at radius 3 is 1.74 bits per heavy atom. The summed E-state index contributed by atoms with van der Waals surface area (Å²) in [6.07, 6.45) is 4.49. The third-order valence-electron chi connectivity index (χ3n) is 25.5. The molecule has 3 aromatic heterocycles. The lowest BCUT2D eigenvalue weighted by Gasteiger charge is -2.36. The van der Waals surface area contributed by atoms with Crippen LogP contribution in [0.4, 0.5) is 0 Å². The Labute approximate surface area is 821 Å². The summed E-state index contributed by atoms with van der Waals surface area (Å²) in [5, 5.41) is 60.3. The second-order valence-corrected chi connectivity index (χ2v) is 37.7. The third kappa shape index (κ3) is 31.5. The van der Waals surface area contributed by atoms with E-state index in [-0.39, 0.29) is 115 Å². The number of carboxylic acids is 1. The number of aromatic amines is 2. The van der Waals surface area contributed by atoms with Crippen molar-refractivity contribution in [3.8, 4) is 5.75 Å². The van der Waals surface area contributed by atoms with E-state index in [1.54, 1.807) is 68.6 Å². The van der Waals surface area contributed by atoms with Gasteiger partial charge in [0.1, 0.15) is 96.9 Å². The minimum atomic E-state index is -1.78. The number of aliphatic hydroxyl groups is 1. The van der Waals surface area contributed by atoms with E-state index >= 15 is 38.4 Å². The molecule has 44 nitrogen and oxygen atoms in total. The van der Waals surface area contributed by atoms with Gasteiger partial charge in [-0.3, -0.25) is 86.3 Å². The number of imidazole rings is 1. The number of phenols is 1. The zero-order valence-corrected chi connectivity index (χ0v) is 81.8. The van der Waals surface area contributed by atoms with E-state index in [0.29, 0.717) is 82.7 Å². The number of nitrogens with two attached hydrogens (primary N) is 4. The number of carbonyl (C=O) groups excluding carboxylic acids is 17. The monoisotopic (exact) mass is 1980 g/mol. The van der Waals surface area contributed by atoms with Crippen molar-refractivity contribution in [2.45, 2.75) is 267 Å². The molecule has 6 heterocycles. The van der Waals surface area contributed by atoms with E-state index in [9.17, 15) is 63.3 Å². The number of carbonyl (C=O) groups is 18. The maximum absolute atomic E-state index is 16.1. The number of hydrogen-bond donors (Lipinski definition) is 19. The first-order chi connectivity index (χ1) is 67.2. The summed E-state index contributed by atoms with van der Waals surface area (Å²) in [5.74, 6) is -18.3. The van der Waals surface area contributed by atoms with Crippen LogP contribution in [-0.2, 0) is 119 Å². The summed E-state index contributed by atoms with van der Waals surface area (Å²) in [5.41, 5.74) is 25.9. The molecule has 17 amide bonds. The summed E-state index contributed by atoms with van der Waals surface area (Å²) in [7, 11) is 3.94. The molecule has 0 spiro atoms. The molecule has 15 atom stereocenters. The molecule has 768 valence electrons. The average Bonchev–Trinajstić information content (AvgIpc) is 1.72. The Kier molecular flexibility index (Phi) is 42.3. The highest BCUT2D eigenvalue weighted by molar-refractivity contribution is 8.00. The number of aliphatic hydroxyl groups excluding tert-OH is 1. The number of benzene rings is 3. The Hall–Kier alpha value is -13.6. The van der Waals surface area contributed by atoms with Crippen molar-refractivity contribution >= 4 is 140 Å². The number of hydrogen-bond acceptors (Lipinski definition) is 24. The Balaban J connectivity index is 1.13. The Morgan fingerprint density at radius 1 is 0.546 bits per heavy atom. The van der Waals surface area contributed by atoms with Gasteiger partial charge in [-0.15, -0.1) is 11.8 Å². The molecule has 0 aliphatic carbocycles. The fourth-order valence-corrected chi connectivity index (χ4v) is 18.6. The molecule has 0 saturated carbocycles. The first-order valence-corrected chi connectivity index (χ1v) is 49.1. The molecule has 0 unspecified atom stereocenters. The van der Waals surface area contributed by atoms with Gasteiger partial charge in [0.25, 0.3) is 0 Å². The number of aromatic hydroxyl groups is 1. The Morgan fingerprint density at radius 2 is 1.11 bits per heavy atom. The number of nitrogens with one attached hydrogen (secondary N) is 12. The number of primary amides is 2. The van der Waals surface area contributed by atoms with Gasteiger partial charge in [0.15, 0.2) is 0 Å². The van der Waals surface area contributed by atoms with Crippen LogP contribution in [0.25, 0.3) is 21.8 Å². The number of unbranched alkanes of at least 4 members (excludes halogenated alkanes) is 4. The summed E-state index contributed by atoms with van der Waals surface area (Å²) in [6, 6.07) is -2.06. The van der Waals surface area contributed by atoms with Crippen LogP contribution in [0.5, 0.6) is 5.75 Å². The van der Waals surface area contributed by atoms with Gasteiger partial charge in [0.2, 0.25) is 100 Å². The SMILES string of the molecule is CCCC[C@H]1C(=O)N(C)[C@@H](CCCC)C(=O)N[C@@H](CC(C)C)C(=O)N[C@H](C(=O)NCC(N)=O)CSCC(=O)N[C@@H](Cc2ccc(O)cc2)C(=O)N(C)[C@@H](C)C(=O)N[C@@H](CC(N)=O)C(=O)N2CCC[C@H]2C(=O)N[C@@H](Cc2cnc[nH]2)C(=O)N[C@@H](CCCCN)C(=O)N2C[C@H](O)C[C@H]2C(=O)N[C@@H](Cc2c[nH]c3ccccc23)C(=O)N[C@@H](CCCCN)C(=O)N[C@@H](Cc2cn(CC(=O)O)c3ccccc23)C(=O)N1C. The second kappa shape index (κ2) is 53.7. The number of thioether (sulfide) groups is 1. The van der Waals surface area contributed by atoms with Gasteiger partial charge < -0.3 is 130 Å². The van der Waals surface area contributed by atoms with Gasteiger partial charge in [-0.25, -0.2) is 4.98 Å². The average molecular weight is 1980 g/mol. The standard InChI is InChI=1S/C96H137N23O21S/c1-9-11-27-75-89(133)108-67(38-54(3)4)86(130)113-73(84(128)103-47-80(100)123)51-141-52-81(124)105-70(39-56-31-33-60(120)34-32-56)92(136)114(6)55(5)83(127)111-72(44-79(99)122)95(139)118-37-21-30-76(118)90(134)110-69(42-59-46-101-53-104-59)88(132)107-66(26-18-20-36-98)94(138)119-49-61(121)43-78(119)91(135)109-68(40-57-45-102-64-24-15-13-22-62(57)64)87(131)106-65(25-17-19-35-97)85(129)112-71(93(137)116(8)77(28-12-10-2)96(140)115(75)7)41-58-48-117(50-82(125)126)74-29-16-14-23-63(58)74/h13-16,22-24,29,31-34,45-46,48,53-55,61,65-73,75-78,102,120-121H,9-12,17-21,25-28,30,35-44,47,49-52,97-98H2,1-8H3,(H2,99,122)(H2,100,123)(H,101,104)(H,103,128)(H,105,124)(H,106,131)(H,107,132)(H,108,133)(H,109,135)(H,110,134)(H,111,127)(H,112,129)(H,113,130)(H,125,126)/t55-,61+,65-,66-,67-,68-,69-,70-,71-,72-,73-,75-,76-,77-,78-/m0/s1. The van der Waals surface area contributed by atoms with Crippen LogP contribution >= 0.6 is 11.8 Å². The van der Waals surface area contributed by atoms with Crippen LogP contribution in [0.2, 0.25) is 0 Å². The molecule has 23 N–H and O–H groups in total. The number of para-hydroxylation sites is 2. The van der Waals surface area contributed by atoms with E-state index in [1.165, 1.54) is 80.5 Å². The fourth-order valence-electron chi connectivity index (χ4n) is 17.8. The quantitative estimate of drug-likeness (QED) is 0.0223. The molecule has 3 aliphatic heterocycles. The van der Waals surface area contributed by atoms with E-state index in [1.807, 2.05) is 13.8 Å². The highest BCUT2D eigenvalue weighted by Gasteiger charge is 2.47. The van der Waals surface area contributed by atoms with Crippen molar-refractivity contribution in [1.82, 2.24) is 97.2 Å². The summed E-state index contributed by atoms with van der Waals surface area (Å²) in [6.45, 7) is 6.92. The maximum Gasteiger partial charge on any atom is 0.323 e. The van der Waals surface area contributed by atoms with Gasteiger partial charge in [0, 0.05) is 118 Å². The number of carboxylic acid groups (broad SMARTS) is 1. The minimum absolute atomic E-state index is 0.00180. The number of aliphatic carboxylic acids is 1. The molecule has 3 aromatic carbocycles. The summed E-state index contributed by atoms with van der Waals surface area (Å²) in [4.78, 5) is 281. The number of likely N-dealkylation sites (N-methyl/N-ethyl adjacent to an activating group) is 3. The Bertz CT molecular complexity index is 5380. The maximum atomic E-state index is 16.1. The molecule has 3 aliphatic rings. The van der Waals surface area contributed by atoms with Crippen molar-refractivity contribution in [1.29, 1.82) is 0 Å². The zero-order valence-electron chi connectivity index (χ0n) is 81.0. The van der Waals surface area contributed by atoms with Gasteiger partial charge in [-0.05, 0) is 138 Å². The molecule has 0 bridgehead atoms. The van der Waals surface area contributed by atoms with Gasteiger partial charge in [-0.1, -0.05) is 102 Å². The number of rotatable bonds is 31. The fraction of sp³-hybridized carbons (Fsp3) is 0.552. The van der Waals surface area contributed by atoms with E-state index < -0.39 is 241 Å². The number of fused-ring (bicyclic) bond motifs is 4. The number of aromatic nitrogens is 4. The molecule has 6 aromatic rings. The van der Waals surface area contributed by atoms with Crippen molar-refractivity contribution in [3.63, 3.8) is 0 Å². The lowest BCUT2D eigenvalue weighted by atomic mass is 9.99. The van der Waals surface area contributed by atoms with E-state index in [2.05, 4.69) is 68.1 Å². The largest absolute Gasteiger partial charge is 0.508 e. The lowest BCUT2D eigenvalue weighted by molar-refractivity contribution is -0.149. The molecule has 3 saturated heterocycles. The van der Waals surface area contributed by atoms with Crippen LogP contribution in [0, 0.1) is 5.92 Å². The van der Waals surface area contributed by atoms with Gasteiger partial charge in [0.05, 0.1) is 31.1 Å². The van der Waals surface area contributed by atoms with Crippen molar-refractivity contribution in [2.75, 3.05) is 65.4 Å². The predicted molar refractivity (Wildman–Crippen MR) is 521 cm³/mol. The predicted octanol–water partition coefficient (Wildman–Crippen LogP) is -1.37. The molecule has 141 heavy (non-hydrogen) atoms. The first kappa shape index (κ1) is 111. The number of nitrogens with zero attached hydrogens (tertiary/aromatic N) is 7. The van der Waals surface area contributed by atoms with Crippen LogP contribution in [0.1, 0.15) is 166 Å². The van der Waals surface area contributed by atoms with Gasteiger partial charge >= 0.3 is 5.97 Å². The van der Waals surface area contributed by atoms with Crippen LogP contribution in [0.15, 0.2) is 97.7 Å². The molecular formula is C96H137N23O21S. The summed E-state index contributed by atoms with van der Waals surface area (Å²) >= 11 is 0.787. The third-order valence-corrected chi connectivity index (χ3v) is 26.6. The highest BCUT2D eigenvalue weighted by atomic mass is 32.2. The van der Waals surface area contributed by atoms with Crippen LogP contribution in [0.3, 0.4) is 0 Å². The van der Waals surface area contributed by atoms with Crippen LogP contribution < -0.4 is 76.1 Å². The van der Waals surface area contributed by atoms with Crippen molar-refractivity contribution in [3.05, 3.63) is 120 Å². The normalized spacial score (nSPS) is 24.3. The number of amides is 17. The second-order valence-electron chi connectivity index (χ2n) is 36.7. The lowest BCUT2D eigenvalue weighted by Crippen LogP contribution is -2.61. The van der Waals surface area contributed by atoms with Crippen LogP contribution in [-0.4, -0.2) is 322 Å². The molecule has 9 rings (SSSR count). The van der Waals surface area contributed by atoms with Crippen molar-refractivity contribution in [2.24, 2.45) is 28.9 Å². The number of H-pyrrole nitrogens is 2. The minimum Gasteiger partial charge on any atom is -0.508 e. The van der Waals surface area contributed by atoms with Gasteiger partial charge in [-0.2, -0.15) is 0 Å². The topological polar surface area (TPSA) is 658 Å². The highest BCUT2D eigenvalue weighted by Crippen LogP contribution is 2.29. The first-order valence-electron chi connectivity index (χ1n) is 48.0. The zero-order chi connectivity index (χ0) is 103.